The minimum absolute atomic E-state index is 0.345. The van der Waals surface area contributed by atoms with E-state index in [1.807, 2.05) is 13.8 Å². The van der Waals surface area contributed by atoms with Crippen LogP contribution < -0.4 is 9.47 Å². The van der Waals surface area contributed by atoms with Gasteiger partial charge in [-0.15, -0.1) is 0 Å². The molecule has 2 aromatic rings. The van der Waals surface area contributed by atoms with Crippen LogP contribution >= 0.6 is 0 Å². The zero-order chi connectivity index (χ0) is 17.7. The Morgan fingerprint density at radius 2 is 1.12 bits per heavy atom. The SMILES string of the molecule is CC/C(=C(\CC)c1cc(OC)ccc1F)c1cc(OC)ccc1F. The van der Waals surface area contributed by atoms with E-state index in [1.54, 1.807) is 24.3 Å². The molecule has 24 heavy (non-hydrogen) atoms. The van der Waals surface area contributed by atoms with Gasteiger partial charge in [-0.25, -0.2) is 8.78 Å². The van der Waals surface area contributed by atoms with Crippen LogP contribution in [0.1, 0.15) is 37.8 Å². The summed E-state index contributed by atoms with van der Waals surface area (Å²) >= 11 is 0. The third-order valence-electron chi connectivity index (χ3n) is 4.07. The van der Waals surface area contributed by atoms with Gasteiger partial charge in [0.15, 0.2) is 0 Å². The summed E-state index contributed by atoms with van der Waals surface area (Å²) in [7, 11) is 3.07. The highest BCUT2D eigenvalue weighted by molar-refractivity contribution is 5.91. The molecule has 0 saturated carbocycles. The zero-order valence-corrected chi connectivity index (χ0v) is 14.5. The van der Waals surface area contributed by atoms with Crippen LogP contribution in [-0.4, -0.2) is 14.2 Å². The van der Waals surface area contributed by atoms with Crippen molar-refractivity contribution in [2.75, 3.05) is 14.2 Å². The maximum atomic E-state index is 14.4. The Hall–Kier alpha value is -2.36. The fourth-order valence-corrected chi connectivity index (χ4v) is 2.86. The van der Waals surface area contributed by atoms with Crippen molar-refractivity contribution in [2.45, 2.75) is 26.7 Å². The van der Waals surface area contributed by atoms with Gasteiger partial charge in [0.05, 0.1) is 14.2 Å². The van der Waals surface area contributed by atoms with Gasteiger partial charge in [-0.2, -0.15) is 0 Å². The lowest BCUT2D eigenvalue weighted by atomic mass is 9.90. The van der Waals surface area contributed by atoms with E-state index in [-0.39, 0.29) is 11.6 Å². The Morgan fingerprint density at radius 1 is 0.750 bits per heavy atom. The average Bonchev–Trinajstić information content (AvgIpc) is 2.61. The molecule has 0 heterocycles. The second kappa shape index (κ2) is 7.95. The molecule has 0 aliphatic carbocycles. The highest BCUT2D eigenvalue weighted by Crippen LogP contribution is 2.36. The summed E-state index contributed by atoms with van der Waals surface area (Å²) in [6.07, 6.45) is 1.15. The van der Waals surface area contributed by atoms with E-state index >= 15 is 0 Å². The van der Waals surface area contributed by atoms with Crippen molar-refractivity contribution in [3.8, 4) is 11.5 Å². The largest absolute Gasteiger partial charge is 0.497 e. The van der Waals surface area contributed by atoms with Crippen LogP contribution in [0.15, 0.2) is 36.4 Å². The van der Waals surface area contributed by atoms with Gasteiger partial charge in [0.1, 0.15) is 23.1 Å². The van der Waals surface area contributed by atoms with Crippen LogP contribution in [-0.2, 0) is 0 Å². The fourth-order valence-electron chi connectivity index (χ4n) is 2.86. The van der Waals surface area contributed by atoms with Crippen LogP contribution in [0.3, 0.4) is 0 Å². The van der Waals surface area contributed by atoms with E-state index in [2.05, 4.69) is 0 Å². The number of allylic oxidation sites excluding steroid dienone is 2. The van der Waals surface area contributed by atoms with Crippen molar-refractivity contribution in [3.63, 3.8) is 0 Å². The van der Waals surface area contributed by atoms with E-state index in [4.69, 9.17) is 9.47 Å². The molecule has 0 amide bonds. The summed E-state index contributed by atoms with van der Waals surface area (Å²) in [6, 6.07) is 9.20. The predicted octanol–water partition coefficient (Wildman–Crippen LogP) is 5.71. The maximum Gasteiger partial charge on any atom is 0.130 e. The first-order chi connectivity index (χ1) is 11.5. The Labute approximate surface area is 141 Å². The molecule has 0 aromatic heterocycles. The van der Waals surface area contributed by atoms with Gasteiger partial charge >= 0.3 is 0 Å². The van der Waals surface area contributed by atoms with Crippen molar-refractivity contribution < 1.29 is 18.3 Å². The highest BCUT2D eigenvalue weighted by atomic mass is 19.1. The Balaban J connectivity index is 2.71. The number of hydrogen-bond donors (Lipinski definition) is 0. The number of halogens is 2. The van der Waals surface area contributed by atoms with Gasteiger partial charge in [0.2, 0.25) is 0 Å². The van der Waals surface area contributed by atoms with Crippen LogP contribution in [0.4, 0.5) is 8.78 Å². The quantitative estimate of drug-likeness (QED) is 0.631. The molecule has 0 aliphatic heterocycles. The van der Waals surface area contributed by atoms with E-state index in [9.17, 15) is 8.78 Å². The lowest BCUT2D eigenvalue weighted by Crippen LogP contribution is -1.98. The Bertz CT molecular complexity index is 688. The van der Waals surface area contributed by atoms with Crippen LogP contribution in [0.2, 0.25) is 0 Å². The highest BCUT2D eigenvalue weighted by Gasteiger charge is 2.17. The molecule has 0 fully saturated rings. The monoisotopic (exact) mass is 332 g/mol. The number of rotatable bonds is 6. The molecular formula is C20H22F2O2. The van der Waals surface area contributed by atoms with Crippen LogP contribution in [0.5, 0.6) is 11.5 Å². The molecule has 2 aromatic carbocycles. The normalized spacial score (nSPS) is 11.9. The first kappa shape index (κ1) is 18.0. The molecule has 0 unspecified atom stereocenters. The summed E-state index contributed by atoms with van der Waals surface area (Å²) in [5.41, 5.74) is 2.41. The molecule has 2 nitrogen and oxygen atoms in total. The Morgan fingerprint density at radius 3 is 1.42 bits per heavy atom. The van der Waals surface area contributed by atoms with Gasteiger partial charge in [0, 0.05) is 11.1 Å². The van der Waals surface area contributed by atoms with Crippen molar-refractivity contribution in [3.05, 3.63) is 59.2 Å². The topological polar surface area (TPSA) is 18.5 Å². The van der Waals surface area contributed by atoms with Crippen molar-refractivity contribution in [2.24, 2.45) is 0 Å². The summed E-state index contributed by atoms with van der Waals surface area (Å²) in [6.45, 7) is 3.87. The molecule has 0 aliphatic rings. The Kier molecular flexibility index (Phi) is 5.96. The van der Waals surface area contributed by atoms with E-state index in [0.29, 0.717) is 35.5 Å². The standard InChI is InChI=1S/C20H22F2O2/c1-5-15(17-11-13(23-3)7-9-19(17)21)16(6-2)18-12-14(24-4)8-10-20(18)22/h7-12H,5-6H2,1-4H3/b16-15-. The average molecular weight is 332 g/mol. The second-order valence-electron chi connectivity index (χ2n) is 5.36. The smallest absolute Gasteiger partial charge is 0.130 e. The van der Waals surface area contributed by atoms with Crippen LogP contribution in [0, 0.1) is 11.6 Å². The molecule has 0 N–H and O–H groups in total. The summed E-state index contributed by atoms with van der Waals surface area (Å²) in [5, 5.41) is 0. The number of methoxy groups -OCH3 is 2. The molecule has 128 valence electrons. The molecule has 0 radical (unpaired) electrons. The third-order valence-corrected chi connectivity index (χ3v) is 4.07. The molecule has 0 spiro atoms. The molecule has 0 saturated heterocycles. The van der Waals surface area contributed by atoms with E-state index in [0.717, 1.165) is 11.1 Å². The minimum atomic E-state index is -0.345. The first-order valence-electron chi connectivity index (χ1n) is 7.95. The molecule has 4 heteroatoms. The summed E-state index contributed by atoms with van der Waals surface area (Å²) in [5.74, 6) is 0.446. The van der Waals surface area contributed by atoms with Gasteiger partial charge in [0.25, 0.3) is 0 Å². The summed E-state index contributed by atoms with van der Waals surface area (Å²) in [4.78, 5) is 0. The van der Waals surface area contributed by atoms with Crippen molar-refractivity contribution in [1.29, 1.82) is 0 Å². The summed E-state index contributed by atoms with van der Waals surface area (Å²) < 4.78 is 39.2. The van der Waals surface area contributed by atoms with E-state index in [1.165, 1.54) is 26.4 Å². The molecule has 0 bridgehead atoms. The van der Waals surface area contributed by atoms with Crippen molar-refractivity contribution in [1.82, 2.24) is 0 Å². The van der Waals surface area contributed by atoms with Crippen molar-refractivity contribution >= 4 is 11.1 Å². The van der Waals surface area contributed by atoms with Gasteiger partial charge < -0.3 is 9.47 Å². The molecule has 0 atom stereocenters. The minimum Gasteiger partial charge on any atom is -0.497 e. The maximum absolute atomic E-state index is 14.4. The fraction of sp³-hybridized carbons (Fsp3) is 0.300. The van der Waals surface area contributed by atoms with Gasteiger partial charge in [-0.3, -0.25) is 0 Å². The first-order valence-corrected chi connectivity index (χ1v) is 7.95. The third kappa shape index (κ3) is 3.58. The lowest BCUT2D eigenvalue weighted by Gasteiger charge is -2.17. The van der Waals surface area contributed by atoms with Crippen LogP contribution in [0.25, 0.3) is 11.1 Å². The zero-order valence-electron chi connectivity index (χ0n) is 14.5. The van der Waals surface area contributed by atoms with Gasteiger partial charge in [-0.1, -0.05) is 13.8 Å². The number of ether oxygens (including phenoxy) is 2. The number of hydrogen-bond acceptors (Lipinski definition) is 2. The molecule has 2 rings (SSSR count). The van der Waals surface area contributed by atoms with E-state index < -0.39 is 0 Å². The lowest BCUT2D eigenvalue weighted by molar-refractivity contribution is 0.413. The predicted molar refractivity (Wildman–Crippen MR) is 93.3 cm³/mol. The molecular weight excluding hydrogens is 310 g/mol. The van der Waals surface area contributed by atoms with Gasteiger partial charge in [-0.05, 0) is 60.4 Å². The second-order valence-corrected chi connectivity index (χ2v) is 5.36. The number of benzene rings is 2.